The number of amides is 1. The van der Waals surface area contributed by atoms with Gasteiger partial charge in [0.15, 0.2) is 18.7 Å². The fourth-order valence-corrected chi connectivity index (χ4v) is 11.0. The normalized spacial score (nSPS) is 38.6. The first-order chi connectivity index (χ1) is 33.9. The van der Waals surface area contributed by atoms with E-state index in [9.17, 15) is 29.7 Å². The van der Waals surface area contributed by atoms with Crippen molar-refractivity contribution in [3.63, 3.8) is 0 Å². The number of hydrogen-bond acceptors (Lipinski definition) is 17. The number of cyclic esters (lactones) is 1. The van der Waals surface area contributed by atoms with Crippen molar-refractivity contribution in [1.29, 1.82) is 0 Å². The van der Waals surface area contributed by atoms with Gasteiger partial charge >= 0.3 is 18.2 Å². The Labute approximate surface area is 426 Å². The molecule has 18 heteroatoms. The quantitative estimate of drug-likeness (QED) is 0.142. The van der Waals surface area contributed by atoms with Crippen LogP contribution < -0.4 is 0 Å². The van der Waals surface area contributed by atoms with E-state index in [2.05, 4.69) is 0 Å². The maximum atomic E-state index is 14.7. The van der Waals surface area contributed by atoms with Gasteiger partial charge in [-0.1, -0.05) is 81.4 Å². The highest BCUT2D eigenvalue weighted by Crippen LogP contribution is 2.41. The standard InChI is InChI=1S/C54H84N2O16/c1-15-41-54(10,62)47(63-13)36(6)55(11)29-32(2)27-52(8,61)46(34(4)43(35(5)48(58)69-41)70-42-28-53(9,64-14)45(57)37(7)68-42)72-49-44(71-51(60)66-31-39-24-20-17-21-25-39)40(26-33(3)67-49)56(12)50(59)65-30-38-22-18-16-19-23-38/h16-25,32-37,40-47,49,57,61-62H,15,26-31H2,1-14H3/t32-,33-,34+,35-,36-,37+,40+,41?,42+,43+,44-,45+,46-,47-,49+,52-,53-,54+/m1/s1. The lowest BCUT2D eigenvalue weighted by Gasteiger charge is -2.49. The maximum Gasteiger partial charge on any atom is 0.509 e. The fraction of sp³-hybridized carbons (Fsp3) is 0.722. The summed E-state index contributed by atoms with van der Waals surface area (Å²) in [6.45, 7) is 17.9. The highest BCUT2D eigenvalue weighted by atomic mass is 16.8. The van der Waals surface area contributed by atoms with Crippen molar-refractivity contribution in [2.24, 2.45) is 17.8 Å². The Hall–Kier alpha value is -3.95. The monoisotopic (exact) mass is 1020 g/mol. The van der Waals surface area contributed by atoms with Gasteiger partial charge in [-0.05, 0) is 91.8 Å². The number of nitrogens with zero attached hydrogens (tertiary/aromatic N) is 2. The van der Waals surface area contributed by atoms with E-state index in [0.29, 0.717) is 12.1 Å². The number of aliphatic hydroxyl groups is 3. The van der Waals surface area contributed by atoms with Crippen LogP contribution in [0, 0.1) is 17.8 Å². The van der Waals surface area contributed by atoms with Gasteiger partial charge in [-0.25, -0.2) is 9.59 Å². The molecule has 3 heterocycles. The Balaban J connectivity index is 1.61. The van der Waals surface area contributed by atoms with Crippen LogP contribution in [0.5, 0.6) is 0 Å². The van der Waals surface area contributed by atoms with Crippen LogP contribution in [0.25, 0.3) is 0 Å². The van der Waals surface area contributed by atoms with Crippen LogP contribution in [0.15, 0.2) is 60.7 Å². The van der Waals surface area contributed by atoms with Crippen molar-refractivity contribution in [1.82, 2.24) is 9.80 Å². The number of methoxy groups -OCH3 is 2. The number of hydrogen-bond donors (Lipinski definition) is 3. The SMILES string of the molecule is CCC1OC(=O)[C@H](C)[C@@H](O[C@H]2C[C@@](C)(OC)[C@@H](O)[C@H](C)O2)[C@H](C)[C@@H](O[C@@H]2O[C@H](C)C[C@H](N(C)C(=O)OCc3ccccc3)[C@H]2OC(=O)OCc2ccccc2)[C@](C)(O)C[C@@H](C)CN(C)[C@H](C)[C@@H](OC)[C@@]1(C)O. The molecule has 2 aromatic rings. The number of rotatable bonds is 13. The molecule has 1 unspecified atom stereocenters. The highest BCUT2D eigenvalue weighted by molar-refractivity contribution is 5.73. The van der Waals surface area contributed by atoms with Crippen molar-refractivity contribution in [2.75, 3.05) is 34.9 Å². The van der Waals surface area contributed by atoms with Gasteiger partial charge in [0, 0.05) is 46.2 Å². The van der Waals surface area contributed by atoms with E-state index >= 15 is 0 Å². The lowest BCUT2D eigenvalue weighted by molar-refractivity contribution is -0.318. The number of benzene rings is 2. The third-order valence-electron chi connectivity index (χ3n) is 15.2. The Bertz CT molecular complexity index is 2010. The lowest BCUT2D eigenvalue weighted by Crippen LogP contribution is -2.62. The number of ether oxygens (including phenoxy) is 10. The molecule has 3 saturated heterocycles. The first kappa shape index (κ1) is 58.9. The van der Waals surface area contributed by atoms with Gasteiger partial charge in [-0.3, -0.25) is 4.79 Å². The van der Waals surface area contributed by atoms with Gasteiger partial charge in [0.2, 0.25) is 0 Å². The van der Waals surface area contributed by atoms with Crippen molar-refractivity contribution in [2.45, 2.75) is 198 Å². The van der Waals surface area contributed by atoms with Crippen LogP contribution in [0.4, 0.5) is 9.59 Å². The van der Waals surface area contributed by atoms with Crippen molar-refractivity contribution in [3.05, 3.63) is 71.8 Å². The molecular formula is C54H84N2O16. The van der Waals surface area contributed by atoms with E-state index in [4.69, 9.17) is 47.4 Å². The molecule has 3 N–H and O–H groups in total. The molecule has 0 aromatic heterocycles. The van der Waals surface area contributed by atoms with E-state index in [0.717, 1.165) is 5.56 Å². The number of carbonyl (C=O) groups excluding carboxylic acids is 3. The molecule has 0 aliphatic carbocycles. The Morgan fingerprint density at radius 3 is 2.00 bits per heavy atom. The molecule has 0 spiro atoms. The zero-order valence-electron chi connectivity index (χ0n) is 44.9. The number of esters is 1. The van der Waals surface area contributed by atoms with Crippen LogP contribution in [0.1, 0.15) is 106 Å². The van der Waals surface area contributed by atoms with Crippen LogP contribution in [0.3, 0.4) is 0 Å². The van der Waals surface area contributed by atoms with Crippen molar-refractivity contribution >= 4 is 18.2 Å². The summed E-state index contributed by atoms with van der Waals surface area (Å²) in [6, 6.07) is 17.0. The summed E-state index contributed by atoms with van der Waals surface area (Å²) < 4.78 is 62.4. The Morgan fingerprint density at radius 2 is 1.43 bits per heavy atom. The molecule has 5 rings (SSSR count). The molecule has 72 heavy (non-hydrogen) atoms. The fourth-order valence-electron chi connectivity index (χ4n) is 11.0. The first-order valence-corrected chi connectivity index (χ1v) is 25.4. The minimum Gasteiger partial charge on any atom is -0.459 e. The Morgan fingerprint density at radius 1 is 0.833 bits per heavy atom. The molecule has 3 aliphatic heterocycles. The van der Waals surface area contributed by atoms with Gasteiger partial charge < -0.3 is 72.5 Å². The van der Waals surface area contributed by atoms with E-state index in [-0.39, 0.29) is 44.8 Å². The molecule has 18 nitrogen and oxygen atoms in total. The number of carbonyl (C=O) groups is 3. The molecule has 1 amide bonds. The minimum atomic E-state index is -1.75. The second kappa shape index (κ2) is 25.5. The zero-order chi connectivity index (χ0) is 53.3. The molecule has 0 saturated carbocycles. The second-order valence-electron chi connectivity index (χ2n) is 21.2. The van der Waals surface area contributed by atoms with Crippen LogP contribution in [-0.4, -0.2) is 168 Å². The first-order valence-electron chi connectivity index (χ1n) is 25.4. The van der Waals surface area contributed by atoms with Gasteiger partial charge in [0.05, 0.1) is 47.6 Å². The molecule has 2 aromatic carbocycles. The molecule has 18 atom stereocenters. The van der Waals surface area contributed by atoms with E-state index in [1.54, 1.807) is 67.6 Å². The molecule has 0 bridgehead atoms. The van der Waals surface area contributed by atoms with Crippen molar-refractivity contribution in [3.8, 4) is 0 Å². The van der Waals surface area contributed by atoms with E-state index < -0.39 is 120 Å². The van der Waals surface area contributed by atoms with Crippen molar-refractivity contribution < 1.29 is 77.1 Å². The minimum absolute atomic E-state index is 0.0153. The summed E-state index contributed by atoms with van der Waals surface area (Å²) in [5.74, 6) is -2.98. The molecule has 3 fully saturated rings. The van der Waals surface area contributed by atoms with Gasteiger partial charge in [-0.2, -0.15) is 0 Å². The highest BCUT2D eigenvalue weighted by Gasteiger charge is 2.54. The lowest BCUT2D eigenvalue weighted by atomic mass is 9.77. The van der Waals surface area contributed by atoms with E-state index in [1.165, 1.54) is 19.1 Å². The maximum absolute atomic E-state index is 14.7. The van der Waals surface area contributed by atoms with Crippen LogP contribution in [0.2, 0.25) is 0 Å². The second-order valence-corrected chi connectivity index (χ2v) is 21.2. The summed E-state index contributed by atoms with van der Waals surface area (Å²) >= 11 is 0. The van der Waals surface area contributed by atoms with Gasteiger partial charge in [-0.15, -0.1) is 0 Å². The molecule has 3 aliphatic rings. The van der Waals surface area contributed by atoms with Gasteiger partial charge in [0.1, 0.15) is 37.1 Å². The molecule has 0 radical (unpaired) electrons. The Kier molecular flexibility index (Phi) is 20.9. The third kappa shape index (κ3) is 14.5. The summed E-state index contributed by atoms with van der Waals surface area (Å²) in [6.07, 6.45) is -11.6. The average Bonchev–Trinajstić information content (AvgIpc) is 3.34. The number of likely N-dealkylation sites (N-methyl/N-ethyl adjacent to an activating group) is 2. The zero-order valence-corrected chi connectivity index (χ0v) is 44.9. The summed E-state index contributed by atoms with van der Waals surface area (Å²) in [4.78, 5) is 45.9. The topological polar surface area (TPSA) is 211 Å². The predicted octanol–water partition coefficient (Wildman–Crippen LogP) is 6.62. The van der Waals surface area contributed by atoms with Crippen LogP contribution in [-0.2, 0) is 65.4 Å². The molecule has 406 valence electrons. The third-order valence-corrected chi connectivity index (χ3v) is 15.2. The summed E-state index contributed by atoms with van der Waals surface area (Å²) in [7, 11) is 6.45. The predicted molar refractivity (Wildman–Crippen MR) is 265 cm³/mol. The largest absolute Gasteiger partial charge is 0.509 e. The molecular weight excluding hydrogens is 933 g/mol. The smallest absolute Gasteiger partial charge is 0.459 e. The van der Waals surface area contributed by atoms with E-state index in [1.807, 2.05) is 81.2 Å². The summed E-state index contributed by atoms with van der Waals surface area (Å²) in [5, 5.41) is 36.5. The summed E-state index contributed by atoms with van der Waals surface area (Å²) in [5.41, 5.74) is -3.02. The van der Waals surface area contributed by atoms with Gasteiger partial charge in [0.25, 0.3) is 0 Å². The number of aliphatic hydroxyl groups excluding tert-OH is 1. The average molecular weight is 1020 g/mol. The van der Waals surface area contributed by atoms with Crippen LogP contribution >= 0.6 is 0 Å².